The topological polar surface area (TPSA) is 18.5 Å². The van der Waals surface area contributed by atoms with E-state index in [1.54, 1.807) is 0 Å². The van der Waals surface area contributed by atoms with Crippen LogP contribution in [0.1, 0.15) is 25.0 Å². The second-order valence-electron chi connectivity index (χ2n) is 5.61. The molecule has 0 atom stereocenters. The summed E-state index contributed by atoms with van der Waals surface area (Å²) in [7, 11) is -2.26. The van der Waals surface area contributed by atoms with Crippen LogP contribution in [0.4, 0.5) is 0 Å². The summed E-state index contributed by atoms with van der Waals surface area (Å²) in [5, 5.41) is 0. The summed E-state index contributed by atoms with van der Waals surface area (Å²) >= 11 is 0. The molecule has 0 radical (unpaired) electrons. The molecule has 0 amide bonds. The smallest absolute Gasteiger partial charge is 0.454 e. The van der Waals surface area contributed by atoms with Crippen LogP contribution < -0.4 is 8.85 Å². The maximum Gasteiger partial charge on any atom is 0.454 e. The summed E-state index contributed by atoms with van der Waals surface area (Å²) in [4.78, 5) is 0. The van der Waals surface area contributed by atoms with Crippen molar-refractivity contribution in [3.8, 4) is 11.5 Å². The van der Waals surface area contributed by atoms with Crippen molar-refractivity contribution in [3.63, 3.8) is 0 Å². The molecule has 2 nitrogen and oxygen atoms in total. The van der Waals surface area contributed by atoms with Crippen LogP contribution in [-0.4, -0.2) is 8.56 Å². The number of aryl methyl sites for hydroxylation is 2. The fraction of sp³-hybridized carbons (Fsp3) is 0.333. The molecule has 2 aromatic carbocycles. The Labute approximate surface area is 129 Å². The Morgan fingerprint density at radius 2 is 1.19 bits per heavy atom. The molecule has 2 aromatic rings. The van der Waals surface area contributed by atoms with Crippen LogP contribution >= 0.6 is 0 Å². The van der Waals surface area contributed by atoms with E-state index in [4.69, 9.17) is 8.85 Å². The third-order valence-electron chi connectivity index (χ3n) is 3.34. The molecule has 0 aliphatic carbocycles. The molecule has 2 rings (SSSR count). The summed E-state index contributed by atoms with van der Waals surface area (Å²) in [5.74, 6) is 1.80. The van der Waals surface area contributed by atoms with Crippen LogP contribution in [0, 0.1) is 0 Å². The van der Waals surface area contributed by atoms with E-state index < -0.39 is 8.56 Å². The van der Waals surface area contributed by atoms with E-state index in [0.29, 0.717) is 0 Å². The average molecular weight is 300 g/mol. The lowest BCUT2D eigenvalue weighted by atomic mass is 10.2. The van der Waals surface area contributed by atoms with Crippen molar-refractivity contribution in [2.75, 3.05) is 0 Å². The van der Waals surface area contributed by atoms with Gasteiger partial charge in [-0.3, -0.25) is 0 Å². The number of rotatable bonds is 6. The Bertz CT molecular complexity index is 542. The summed E-state index contributed by atoms with van der Waals surface area (Å²) < 4.78 is 12.3. The predicted octanol–water partition coefficient (Wildman–Crippen LogP) is 4.97. The summed E-state index contributed by atoms with van der Waals surface area (Å²) in [6.07, 6.45) is 2.02. The highest BCUT2D eigenvalue weighted by molar-refractivity contribution is 6.66. The molecule has 0 unspecified atom stereocenters. The standard InChI is InChI=1S/C18H24O2Si/c1-5-15-9-7-11-17(13-15)19-21(3,4)20-18-12-8-10-16(6-2)14-18/h7-14H,5-6H2,1-4H3. The lowest BCUT2D eigenvalue weighted by molar-refractivity contribution is 0.399. The molecule has 0 fully saturated rings. The highest BCUT2D eigenvalue weighted by atomic mass is 28.4. The van der Waals surface area contributed by atoms with E-state index in [1.165, 1.54) is 11.1 Å². The van der Waals surface area contributed by atoms with E-state index in [9.17, 15) is 0 Å². The minimum atomic E-state index is -2.26. The van der Waals surface area contributed by atoms with Crippen molar-refractivity contribution in [2.45, 2.75) is 39.8 Å². The van der Waals surface area contributed by atoms with E-state index in [2.05, 4.69) is 51.2 Å². The molecule has 3 heteroatoms. The van der Waals surface area contributed by atoms with Gasteiger partial charge in [0.05, 0.1) is 0 Å². The normalized spacial score (nSPS) is 11.2. The van der Waals surface area contributed by atoms with Gasteiger partial charge in [0.1, 0.15) is 11.5 Å². The van der Waals surface area contributed by atoms with Crippen molar-refractivity contribution < 1.29 is 8.85 Å². The van der Waals surface area contributed by atoms with Crippen molar-refractivity contribution >= 4 is 8.56 Å². The molecular formula is C18H24O2Si. The van der Waals surface area contributed by atoms with Gasteiger partial charge in [-0.2, -0.15) is 0 Å². The van der Waals surface area contributed by atoms with Gasteiger partial charge in [-0.1, -0.05) is 38.1 Å². The first-order chi connectivity index (χ1) is 10.0. The highest BCUT2D eigenvalue weighted by Crippen LogP contribution is 2.22. The quantitative estimate of drug-likeness (QED) is 0.701. The van der Waals surface area contributed by atoms with Crippen LogP contribution in [0.3, 0.4) is 0 Å². The zero-order valence-electron chi connectivity index (χ0n) is 13.3. The first kappa shape index (κ1) is 15.6. The largest absolute Gasteiger partial charge is 0.512 e. The Balaban J connectivity index is 2.10. The zero-order chi connectivity index (χ0) is 15.3. The molecule has 21 heavy (non-hydrogen) atoms. The first-order valence-corrected chi connectivity index (χ1v) is 10.4. The average Bonchev–Trinajstić information content (AvgIpc) is 2.46. The molecule has 0 aliphatic heterocycles. The molecule has 0 saturated heterocycles. The second-order valence-corrected chi connectivity index (χ2v) is 8.81. The minimum absolute atomic E-state index is 0.901. The van der Waals surface area contributed by atoms with Crippen LogP contribution in [0.25, 0.3) is 0 Å². The minimum Gasteiger partial charge on any atom is -0.512 e. The molecule has 0 aliphatic rings. The molecule has 0 saturated carbocycles. The maximum atomic E-state index is 6.14. The first-order valence-electron chi connectivity index (χ1n) is 7.58. The van der Waals surface area contributed by atoms with Crippen molar-refractivity contribution in [1.82, 2.24) is 0 Å². The maximum absolute atomic E-state index is 6.14. The fourth-order valence-electron chi connectivity index (χ4n) is 2.25. The summed E-state index contributed by atoms with van der Waals surface area (Å²) in [6, 6.07) is 16.5. The van der Waals surface area contributed by atoms with E-state index >= 15 is 0 Å². The SMILES string of the molecule is CCc1cccc(O[Si](C)(C)Oc2cccc(CC)c2)c1. The molecule has 0 heterocycles. The third kappa shape index (κ3) is 4.64. The van der Waals surface area contributed by atoms with Gasteiger partial charge in [-0.15, -0.1) is 0 Å². The van der Waals surface area contributed by atoms with Gasteiger partial charge in [0, 0.05) is 13.1 Å². The Kier molecular flexibility index (Phi) is 5.07. The van der Waals surface area contributed by atoms with E-state index in [0.717, 1.165) is 24.3 Å². The lowest BCUT2D eigenvalue weighted by Gasteiger charge is -2.25. The monoisotopic (exact) mass is 300 g/mol. The van der Waals surface area contributed by atoms with Gasteiger partial charge in [0.25, 0.3) is 0 Å². The van der Waals surface area contributed by atoms with Gasteiger partial charge in [-0.05, 0) is 48.2 Å². The predicted molar refractivity (Wildman–Crippen MR) is 90.4 cm³/mol. The van der Waals surface area contributed by atoms with Gasteiger partial charge in [-0.25, -0.2) is 0 Å². The van der Waals surface area contributed by atoms with Crippen molar-refractivity contribution in [1.29, 1.82) is 0 Å². The second kappa shape index (κ2) is 6.81. The van der Waals surface area contributed by atoms with Crippen molar-refractivity contribution in [3.05, 3.63) is 59.7 Å². The van der Waals surface area contributed by atoms with E-state index in [-0.39, 0.29) is 0 Å². The molecule has 0 N–H and O–H groups in total. The van der Waals surface area contributed by atoms with E-state index in [1.807, 2.05) is 24.3 Å². The van der Waals surface area contributed by atoms with Crippen LogP contribution in [0.5, 0.6) is 11.5 Å². The highest BCUT2D eigenvalue weighted by Gasteiger charge is 2.29. The summed E-state index contributed by atoms with van der Waals surface area (Å²) in [5.41, 5.74) is 2.57. The number of hydrogen-bond donors (Lipinski definition) is 0. The van der Waals surface area contributed by atoms with Gasteiger partial charge < -0.3 is 8.85 Å². The molecular weight excluding hydrogens is 276 g/mol. The molecule has 0 spiro atoms. The molecule has 112 valence electrons. The molecule has 0 bridgehead atoms. The Morgan fingerprint density at radius 1 is 0.762 bits per heavy atom. The van der Waals surface area contributed by atoms with Crippen LogP contribution in [0.15, 0.2) is 48.5 Å². The Morgan fingerprint density at radius 3 is 1.57 bits per heavy atom. The van der Waals surface area contributed by atoms with Gasteiger partial charge in [0.15, 0.2) is 0 Å². The van der Waals surface area contributed by atoms with Gasteiger partial charge >= 0.3 is 8.56 Å². The fourth-order valence-corrected chi connectivity index (χ4v) is 3.68. The van der Waals surface area contributed by atoms with Crippen molar-refractivity contribution in [2.24, 2.45) is 0 Å². The third-order valence-corrected chi connectivity index (χ3v) is 4.80. The lowest BCUT2D eigenvalue weighted by Crippen LogP contribution is -2.41. The molecule has 0 aromatic heterocycles. The summed E-state index contributed by atoms with van der Waals surface area (Å²) in [6.45, 7) is 8.44. The van der Waals surface area contributed by atoms with Gasteiger partial charge in [0.2, 0.25) is 0 Å². The van der Waals surface area contributed by atoms with Crippen LogP contribution in [-0.2, 0) is 12.8 Å². The Hall–Kier alpha value is -1.74. The zero-order valence-corrected chi connectivity index (χ0v) is 14.3. The number of benzene rings is 2. The van der Waals surface area contributed by atoms with Crippen LogP contribution in [0.2, 0.25) is 13.1 Å². The number of hydrogen-bond acceptors (Lipinski definition) is 2.